The van der Waals surface area contributed by atoms with E-state index in [-0.39, 0.29) is 13.2 Å². The molecule has 0 radical (unpaired) electrons. The monoisotopic (exact) mass is 230 g/mol. The van der Waals surface area contributed by atoms with Crippen LogP contribution in [0.2, 0.25) is 0 Å². The first kappa shape index (κ1) is 14.9. The van der Waals surface area contributed by atoms with Crippen molar-refractivity contribution in [3.63, 3.8) is 0 Å². The predicted octanol–water partition coefficient (Wildman–Crippen LogP) is -0.0105. The maximum atomic E-state index is 11.5. The van der Waals surface area contributed by atoms with Gasteiger partial charge >= 0.3 is 11.8 Å². The zero-order chi connectivity index (χ0) is 12.6. The zero-order valence-corrected chi connectivity index (χ0v) is 10.3. The molecule has 0 saturated carbocycles. The molecule has 5 heteroatoms. The fourth-order valence-corrected chi connectivity index (χ4v) is 1.22. The average molecular weight is 230 g/mol. The number of carbonyl (C=O) groups is 2. The molecule has 2 amide bonds. The second kappa shape index (κ2) is 8.10. The van der Waals surface area contributed by atoms with Gasteiger partial charge in [-0.25, -0.2) is 0 Å². The van der Waals surface area contributed by atoms with Crippen molar-refractivity contribution >= 4 is 11.8 Å². The molecule has 0 aliphatic rings. The van der Waals surface area contributed by atoms with Crippen molar-refractivity contribution in [3.8, 4) is 0 Å². The van der Waals surface area contributed by atoms with Crippen LogP contribution in [-0.4, -0.2) is 48.1 Å². The smallest absolute Gasteiger partial charge is 0.311 e. The van der Waals surface area contributed by atoms with Gasteiger partial charge in [0.05, 0.1) is 6.61 Å². The molecule has 0 rings (SSSR count). The maximum Gasteiger partial charge on any atom is 0.311 e. The number of aliphatic hydroxyl groups excluding tert-OH is 1. The number of aliphatic hydroxyl groups is 1. The highest BCUT2D eigenvalue weighted by atomic mass is 16.3. The minimum Gasteiger partial charge on any atom is -0.395 e. The Balaban J connectivity index is 4.01. The van der Waals surface area contributed by atoms with E-state index in [4.69, 9.17) is 5.11 Å². The summed E-state index contributed by atoms with van der Waals surface area (Å²) in [6, 6.07) is 0. The van der Waals surface area contributed by atoms with E-state index >= 15 is 0 Å². The molecule has 0 aromatic heterocycles. The molecule has 0 bridgehead atoms. The summed E-state index contributed by atoms with van der Waals surface area (Å²) in [5.41, 5.74) is 0. The SMILES string of the molecule is CCN(CCO)C(=O)C(=O)NCCC(C)C. The number of amides is 2. The van der Waals surface area contributed by atoms with E-state index in [1.165, 1.54) is 4.90 Å². The summed E-state index contributed by atoms with van der Waals surface area (Å²) in [4.78, 5) is 24.3. The standard InChI is InChI=1S/C11H22N2O3/c1-4-13(7-8-14)11(16)10(15)12-6-5-9(2)3/h9,14H,4-8H2,1-3H3,(H,12,15). The molecule has 0 atom stereocenters. The van der Waals surface area contributed by atoms with E-state index < -0.39 is 11.8 Å². The minimum atomic E-state index is -0.587. The lowest BCUT2D eigenvalue weighted by Gasteiger charge is -2.18. The number of likely N-dealkylation sites (N-methyl/N-ethyl adjacent to an activating group) is 1. The average Bonchev–Trinajstić information content (AvgIpc) is 2.24. The largest absolute Gasteiger partial charge is 0.395 e. The Bertz CT molecular complexity index is 229. The lowest BCUT2D eigenvalue weighted by molar-refractivity contribution is -0.146. The van der Waals surface area contributed by atoms with Gasteiger partial charge < -0.3 is 15.3 Å². The van der Waals surface area contributed by atoms with Crippen LogP contribution in [0.5, 0.6) is 0 Å². The molecule has 16 heavy (non-hydrogen) atoms. The van der Waals surface area contributed by atoms with Gasteiger partial charge in [-0.15, -0.1) is 0 Å². The molecular formula is C11H22N2O3. The molecule has 94 valence electrons. The summed E-state index contributed by atoms with van der Waals surface area (Å²) in [5, 5.41) is 11.3. The Morgan fingerprint density at radius 2 is 2.00 bits per heavy atom. The molecule has 5 nitrogen and oxygen atoms in total. The summed E-state index contributed by atoms with van der Waals surface area (Å²) < 4.78 is 0. The third-order valence-electron chi connectivity index (χ3n) is 2.24. The molecule has 0 heterocycles. The number of rotatable bonds is 6. The van der Waals surface area contributed by atoms with Crippen LogP contribution in [-0.2, 0) is 9.59 Å². The number of nitrogens with zero attached hydrogens (tertiary/aromatic N) is 1. The Labute approximate surface area is 96.8 Å². The lowest BCUT2D eigenvalue weighted by Crippen LogP contribution is -2.44. The number of nitrogens with one attached hydrogen (secondary N) is 1. The lowest BCUT2D eigenvalue weighted by atomic mass is 10.1. The molecule has 2 N–H and O–H groups in total. The summed E-state index contributed by atoms with van der Waals surface area (Å²) in [6.45, 7) is 6.90. The first-order chi connectivity index (χ1) is 7.52. The van der Waals surface area contributed by atoms with E-state index in [1.807, 2.05) is 0 Å². The van der Waals surface area contributed by atoms with E-state index in [2.05, 4.69) is 19.2 Å². The van der Waals surface area contributed by atoms with E-state index in [9.17, 15) is 9.59 Å². The van der Waals surface area contributed by atoms with Crippen molar-refractivity contribution < 1.29 is 14.7 Å². The first-order valence-corrected chi connectivity index (χ1v) is 5.70. The molecule has 0 spiro atoms. The third kappa shape index (κ3) is 5.70. The van der Waals surface area contributed by atoms with E-state index in [1.54, 1.807) is 6.92 Å². The van der Waals surface area contributed by atoms with Gasteiger partial charge in [-0.1, -0.05) is 13.8 Å². The second-order valence-corrected chi connectivity index (χ2v) is 4.05. The number of carbonyl (C=O) groups excluding carboxylic acids is 2. The highest BCUT2D eigenvalue weighted by Gasteiger charge is 2.19. The molecule has 0 fully saturated rings. The van der Waals surface area contributed by atoms with Gasteiger partial charge in [0.1, 0.15) is 0 Å². The normalized spacial score (nSPS) is 10.3. The Morgan fingerprint density at radius 1 is 1.38 bits per heavy atom. The van der Waals surface area contributed by atoms with Gasteiger partial charge in [-0.3, -0.25) is 9.59 Å². The summed E-state index contributed by atoms with van der Waals surface area (Å²) in [7, 11) is 0. The summed E-state index contributed by atoms with van der Waals surface area (Å²) >= 11 is 0. The molecule has 0 aliphatic carbocycles. The van der Waals surface area contributed by atoms with Gasteiger partial charge in [-0.2, -0.15) is 0 Å². The number of hydrogen-bond acceptors (Lipinski definition) is 3. The molecule has 0 aromatic rings. The molecular weight excluding hydrogens is 208 g/mol. The van der Waals surface area contributed by atoms with Gasteiger partial charge in [0.2, 0.25) is 0 Å². The fraction of sp³-hybridized carbons (Fsp3) is 0.818. The predicted molar refractivity (Wildman–Crippen MR) is 61.8 cm³/mol. The van der Waals surface area contributed by atoms with Crippen LogP contribution in [0, 0.1) is 5.92 Å². The summed E-state index contributed by atoms with van der Waals surface area (Å²) in [5.74, 6) is -0.661. The van der Waals surface area contributed by atoms with Crippen LogP contribution in [0.3, 0.4) is 0 Å². The highest BCUT2D eigenvalue weighted by molar-refractivity contribution is 6.34. The second-order valence-electron chi connectivity index (χ2n) is 4.05. The van der Waals surface area contributed by atoms with Crippen LogP contribution < -0.4 is 5.32 Å². The van der Waals surface area contributed by atoms with Gasteiger partial charge in [0, 0.05) is 19.6 Å². The van der Waals surface area contributed by atoms with Crippen molar-refractivity contribution in [1.29, 1.82) is 0 Å². The van der Waals surface area contributed by atoms with E-state index in [0.717, 1.165) is 6.42 Å². The van der Waals surface area contributed by atoms with Crippen LogP contribution in [0.4, 0.5) is 0 Å². The van der Waals surface area contributed by atoms with Crippen LogP contribution >= 0.6 is 0 Å². The topological polar surface area (TPSA) is 69.6 Å². The minimum absolute atomic E-state index is 0.126. The molecule has 0 aliphatic heterocycles. The van der Waals surface area contributed by atoms with Gasteiger partial charge in [0.25, 0.3) is 0 Å². The number of hydrogen-bond donors (Lipinski definition) is 2. The summed E-state index contributed by atoms with van der Waals surface area (Å²) in [6.07, 6.45) is 0.852. The van der Waals surface area contributed by atoms with Gasteiger partial charge in [-0.05, 0) is 19.3 Å². The molecule has 0 saturated heterocycles. The molecule has 0 unspecified atom stereocenters. The van der Waals surface area contributed by atoms with Crippen molar-refractivity contribution in [3.05, 3.63) is 0 Å². The Morgan fingerprint density at radius 3 is 2.44 bits per heavy atom. The molecule has 0 aromatic carbocycles. The highest BCUT2D eigenvalue weighted by Crippen LogP contribution is 1.96. The van der Waals surface area contributed by atoms with Crippen molar-refractivity contribution in [1.82, 2.24) is 10.2 Å². The third-order valence-corrected chi connectivity index (χ3v) is 2.24. The van der Waals surface area contributed by atoms with Gasteiger partial charge in [0.15, 0.2) is 0 Å². The Hall–Kier alpha value is -1.10. The van der Waals surface area contributed by atoms with Crippen molar-refractivity contribution in [2.75, 3.05) is 26.2 Å². The van der Waals surface area contributed by atoms with Crippen molar-refractivity contribution in [2.24, 2.45) is 5.92 Å². The van der Waals surface area contributed by atoms with Crippen LogP contribution in [0.25, 0.3) is 0 Å². The van der Waals surface area contributed by atoms with Crippen molar-refractivity contribution in [2.45, 2.75) is 27.2 Å². The van der Waals surface area contributed by atoms with Crippen LogP contribution in [0.1, 0.15) is 27.2 Å². The fourth-order valence-electron chi connectivity index (χ4n) is 1.22. The maximum absolute atomic E-state index is 11.5. The van der Waals surface area contributed by atoms with Crippen LogP contribution in [0.15, 0.2) is 0 Å². The van der Waals surface area contributed by atoms with E-state index in [0.29, 0.717) is 19.0 Å². The Kier molecular flexibility index (Phi) is 7.54. The zero-order valence-electron chi connectivity index (χ0n) is 10.3. The quantitative estimate of drug-likeness (QED) is 0.631. The first-order valence-electron chi connectivity index (χ1n) is 5.70.